The van der Waals surface area contributed by atoms with E-state index in [1.807, 2.05) is 18.2 Å². The topological polar surface area (TPSA) is 110 Å². The Bertz CT molecular complexity index is 757. The third-order valence-electron chi connectivity index (χ3n) is 5.24. The SMILES string of the molecule is CCOC(=O)CO[P+](O)(OCOc1c(C(C)C)cccc1[C@H](C)C1CC1)OCC(=O)OCC. The number of esters is 2. The van der Waals surface area contributed by atoms with E-state index < -0.39 is 40.1 Å². The van der Waals surface area contributed by atoms with Gasteiger partial charge in [-0.15, -0.1) is 13.6 Å². The van der Waals surface area contributed by atoms with Crippen molar-refractivity contribution in [3.05, 3.63) is 29.3 Å². The zero-order chi connectivity index (χ0) is 24.4. The smallest absolute Gasteiger partial charge is 0.464 e. The van der Waals surface area contributed by atoms with Gasteiger partial charge in [-0.1, -0.05) is 39.0 Å². The summed E-state index contributed by atoms with van der Waals surface area (Å²) < 4.78 is 31.3. The minimum Gasteiger partial charge on any atom is -0.464 e. The molecule has 0 aliphatic heterocycles. The molecule has 0 bridgehead atoms. The predicted octanol–water partition coefficient (Wildman–Crippen LogP) is 4.51. The molecule has 9 nitrogen and oxygen atoms in total. The van der Waals surface area contributed by atoms with E-state index in [0.29, 0.717) is 17.6 Å². The molecule has 1 saturated carbocycles. The van der Waals surface area contributed by atoms with Crippen LogP contribution in [0.4, 0.5) is 0 Å². The zero-order valence-corrected chi connectivity index (χ0v) is 21.0. The summed E-state index contributed by atoms with van der Waals surface area (Å²) in [4.78, 5) is 34.0. The van der Waals surface area contributed by atoms with E-state index in [2.05, 4.69) is 20.8 Å². The summed E-state index contributed by atoms with van der Waals surface area (Å²) in [6, 6.07) is 6.06. The van der Waals surface area contributed by atoms with Crippen molar-refractivity contribution in [2.45, 2.75) is 59.3 Å². The second-order valence-corrected chi connectivity index (χ2v) is 9.77. The lowest BCUT2D eigenvalue weighted by Gasteiger charge is -2.22. The van der Waals surface area contributed by atoms with Gasteiger partial charge in [-0.05, 0) is 55.6 Å². The number of para-hydroxylation sites is 1. The van der Waals surface area contributed by atoms with E-state index in [0.717, 1.165) is 11.1 Å². The van der Waals surface area contributed by atoms with Gasteiger partial charge in [0.2, 0.25) is 6.79 Å². The molecule has 0 aromatic heterocycles. The zero-order valence-electron chi connectivity index (χ0n) is 20.1. The Balaban J connectivity index is 2.10. The van der Waals surface area contributed by atoms with E-state index >= 15 is 0 Å². The van der Waals surface area contributed by atoms with Crippen LogP contribution in [0.15, 0.2) is 18.2 Å². The number of hydrogen-bond donors (Lipinski definition) is 1. The maximum Gasteiger partial charge on any atom is 0.577 e. The van der Waals surface area contributed by atoms with E-state index in [1.165, 1.54) is 12.8 Å². The van der Waals surface area contributed by atoms with Gasteiger partial charge in [-0.25, -0.2) is 9.59 Å². The quantitative estimate of drug-likeness (QED) is 0.217. The molecular formula is C23H36O9P+. The van der Waals surface area contributed by atoms with Crippen LogP contribution in [0.1, 0.15) is 70.4 Å². The maximum absolute atomic E-state index is 11.7. The minimum absolute atomic E-state index is 0.153. The molecule has 1 atom stereocenters. The Morgan fingerprint density at radius 3 is 2.00 bits per heavy atom. The highest BCUT2D eigenvalue weighted by Crippen LogP contribution is 2.58. The van der Waals surface area contributed by atoms with Crippen LogP contribution in [0.3, 0.4) is 0 Å². The number of benzene rings is 1. The van der Waals surface area contributed by atoms with Gasteiger partial charge < -0.3 is 14.2 Å². The highest BCUT2D eigenvalue weighted by atomic mass is 31.2. The Morgan fingerprint density at radius 1 is 0.970 bits per heavy atom. The predicted molar refractivity (Wildman–Crippen MR) is 123 cm³/mol. The molecule has 1 aromatic carbocycles. The van der Waals surface area contributed by atoms with Gasteiger partial charge in [0, 0.05) is 0 Å². The average molecular weight is 488 g/mol. The van der Waals surface area contributed by atoms with Crippen LogP contribution in [0.2, 0.25) is 0 Å². The molecule has 0 radical (unpaired) electrons. The van der Waals surface area contributed by atoms with E-state index in [4.69, 9.17) is 27.8 Å². The fourth-order valence-corrected chi connectivity index (χ4v) is 4.29. The molecule has 33 heavy (non-hydrogen) atoms. The first-order chi connectivity index (χ1) is 15.7. The van der Waals surface area contributed by atoms with Crippen LogP contribution in [-0.4, -0.2) is 50.1 Å². The normalized spacial score (nSPS) is 14.8. The van der Waals surface area contributed by atoms with Gasteiger partial charge in [0.05, 0.1) is 13.2 Å². The van der Waals surface area contributed by atoms with Crippen molar-refractivity contribution in [3.63, 3.8) is 0 Å². The Morgan fingerprint density at radius 2 is 1.52 bits per heavy atom. The van der Waals surface area contributed by atoms with Crippen molar-refractivity contribution in [1.82, 2.24) is 0 Å². The lowest BCUT2D eigenvalue weighted by molar-refractivity contribution is -0.148. The number of rotatable bonds is 15. The van der Waals surface area contributed by atoms with Crippen LogP contribution in [0, 0.1) is 5.92 Å². The molecule has 10 heteroatoms. The minimum atomic E-state index is -4.07. The van der Waals surface area contributed by atoms with Gasteiger partial charge in [-0.3, -0.25) is 0 Å². The number of carbonyl (C=O) groups is 2. The maximum atomic E-state index is 11.7. The molecule has 0 unspecified atom stereocenters. The van der Waals surface area contributed by atoms with Crippen LogP contribution >= 0.6 is 8.17 Å². The standard InChI is InChI=1S/C23H36O9P/c1-6-27-21(24)13-30-33(26,31-14-22(25)28-7-2)32-15-29-23-19(16(3)4)9-8-10-20(23)17(5)18-11-12-18/h8-10,16-18,26H,6-7,11-15H2,1-5H3/q+1/t17-/m1/s1. The highest BCUT2D eigenvalue weighted by Gasteiger charge is 2.47. The van der Waals surface area contributed by atoms with Crippen molar-refractivity contribution >= 4 is 20.1 Å². The Kier molecular flexibility index (Phi) is 11.0. The molecule has 0 spiro atoms. The highest BCUT2D eigenvalue weighted by molar-refractivity contribution is 7.55. The lowest BCUT2D eigenvalue weighted by atomic mass is 9.90. The molecule has 0 amide bonds. The molecule has 1 N–H and O–H groups in total. The van der Waals surface area contributed by atoms with Crippen molar-refractivity contribution in [3.8, 4) is 5.75 Å². The molecular weight excluding hydrogens is 451 g/mol. The molecule has 1 fully saturated rings. The molecule has 1 aromatic rings. The first-order valence-electron chi connectivity index (χ1n) is 11.3. The van der Waals surface area contributed by atoms with Gasteiger partial charge in [0.25, 0.3) is 0 Å². The molecule has 0 saturated heterocycles. The van der Waals surface area contributed by atoms with Gasteiger partial charge in [-0.2, -0.15) is 4.89 Å². The monoisotopic (exact) mass is 487 g/mol. The van der Waals surface area contributed by atoms with Crippen molar-refractivity contribution in [1.29, 1.82) is 0 Å². The van der Waals surface area contributed by atoms with Gasteiger partial charge >= 0.3 is 20.1 Å². The fraction of sp³-hybridized carbons (Fsp3) is 0.652. The molecule has 2 rings (SSSR count). The third-order valence-corrected chi connectivity index (χ3v) is 6.58. The average Bonchev–Trinajstić information content (AvgIpc) is 3.62. The molecule has 186 valence electrons. The van der Waals surface area contributed by atoms with Gasteiger partial charge in [0.1, 0.15) is 5.75 Å². The van der Waals surface area contributed by atoms with Crippen molar-refractivity contribution < 1.29 is 42.3 Å². The number of hydrogen-bond acceptors (Lipinski definition) is 9. The Hall–Kier alpha value is -1.77. The van der Waals surface area contributed by atoms with E-state index in [1.54, 1.807) is 13.8 Å². The van der Waals surface area contributed by atoms with E-state index in [9.17, 15) is 14.5 Å². The second-order valence-electron chi connectivity index (χ2n) is 8.06. The summed E-state index contributed by atoms with van der Waals surface area (Å²) in [5.74, 6) is 0.458. The third kappa shape index (κ3) is 8.83. The molecule has 1 aliphatic carbocycles. The summed E-state index contributed by atoms with van der Waals surface area (Å²) in [6.07, 6.45) is 2.38. The summed E-state index contributed by atoms with van der Waals surface area (Å²) >= 11 is 0. The summed E-state index contributed by atoms with van der Waals surface area (Å²) in [7, 11) is -4.07. The van der Waals surface area contributed by atoms with E-state index in [-0.39, 0.29) is 19.1 Å². The first-order valence-corrected chi connectivity index (χ1v) is 12.8. The Labute approximate surface area is 196 Å². The molecule has 0 heterocycles. The van der Waals surface area contributed by atoms with Crippen LogP contribution < -0.4 is 4.74 Å². The summed E-state index contributed by atoms with van der Waals surface area (Å²) in [6.45, 7) is 8.32. The molecule has 1 aliphatic rings. The summed E-state index contributed by atoms with van der Waals surface area (Å²) in [5, 5.41) is 0. The van der Waals surface area contributed by atoms with Gasteiger partial charge in [0.15, 0.2) is 13.2 Å². The fourth-order valence-electron chi connectivity index (χ4n) is 3.34. The van der Waals surface area contributed by atoms with Crippen LogP contribution in [-0.2, 0) is 32.6 Å². The largest absolute Gasteiger partial charge is 0.577 e. The lowest BCUT2D eigenvalue weighted by Crippen LogP contribution is -2.20. The second kappa shape index (κ2) is 13.2. The van der Waals surface area contributed by atoms with Crippen LogP contribution in [0.25, 0.3) is 0 Å². The van der Waals surface area contributed by atoms with Crippen LogP contribution in [0.5, 0.6) is 5.75 Å². The number of carbonyl (C=O) groups excluding carboxylic acids is 2. The summed E-state index contributed by atoms with van der Waals surface area (Å²) in [5.41, 5.74) is 2.10. The number of ether oxygens (including phenoxy) is 3. The first kappa shape index (κ1) is 27.5. The van der Waals surface area contributed by atoms with Crippen molar-refractivity contribution in [2.75, 3.05) is 33.2 Å². The van der Waals surface area contributed by atoms with Crippen molar-refractivity contribution in [2.24, 2.45) is 5.92 Å².